The summed E-state index contributed by atoms with van der Waals surface area (Å²) in [7, 11) is 1.75. The topological polar surface area (TPSA) is 30.5 Å². The first-order valence-electron chi connectivity index (χ1n) is 7.13. The van der Waals surface area contributed by atoms with Crippen LogP contribution in [0.1, 0.15) is 32.3 Å². The van der Waals surface area contributed by atoms with Crippen molar-refractivity contribution in [1.82, 2.24) is 5.32 Å². The van der Waals surface area contributed by atoms with Gasteiger partial charge in [-0.05, 0) is 43.0 Å². The first-order chi connectivity index (χ1) is 9.22. The Morgan fingerprint density at radius 3 is 2.47 bits per heavy atom. The lowest BCUT2D eigenvalue weighted by Gasteiger charge is -2.09. The van der Waals surface area contributed by atoms with E-state index in [1.165, 1.54) is 5.56 Å². The van der Waals surface area contributed by atoms with Gasteiger partial charge in [-0.1, -0.05) is 26.0 Å². The van der Waals surface area contributed by atoms with Crippen LogP contribution in [0.3, 0.4) is 0 Å². The summed E-state index contributed by atoms with van der Waals surface area (Å²) in [5.74, 6) is 1.52. The second kappa shape index (κ2) is 9.82. The summed E-state index contributed by atoms with van der Waals surface area (Å²) in [4.78, 5) is 0. The number of hydrogen-bond donors (Lipinski definition) is 1. The summed E-state index contributed by atoms with van der Waals surface area (Å²) in [6, 6.07) is 8.34. The van der Waals surface area contributed by atoms with Crippen molar-refractivity contribution in [2.24, 2.45) is 5.92 Å². The smallest absolute Gasteiger partial charge is 0.119 e. The lowest BCUT2D eigenvalue weighted by molar-refractivity contribution is 0.192. The minimum atomic E-state index is 0.563. The Morgan fingerprint density at radius 2 is 1.84 bits per heavy atom. The molecule has 0 aliphatic rings. The van der Waals surface area contributed by atoms with E-state index in [-0.39, 0.29) is 0 Å². The van der Waals surface area contributed by atoms with E-state index in [1.54, 1.807) is 7.11 Å². The molecule has 19 heavy (non-hydrogen) atoms. The van der Waals surface area contributed by atoms with Gasteiger partial charge in [-0.2, -0.15) is 0 Å². The van der Waals surface area contributed by atoms with Crippen LogP contribution in [0, 0.1) is 5.92 Å². The predicted molar refractivity (Wildman–Crippen MR) is 79.6 cm³/mol. The molecule has 0 bridgehead atoms. The molecular weight excluding hydrogens is 238 g/mol. The third kappa shape index (κ3) is 7.85. The monoisotopic (exact) mass is 265 g/mol. The fourth-order valence-electron chi connectivity index (χ4n) is 1.70. The molecule has 108 valence electrons. The summed E-state index contributed by atoms with van der Waals surface area (Å²) in [6.07, 6.45) is 2.27. The van der Waals surface area contributed by atoms with Gasteiger partial charge < -0.3 is 14.8 Å². The van der Waals surface area contributed by atoms with Gasteiger partial charge in [0, 0.05) is 20.3 Å². The van der Waals surface area contributed by atoms with Gasteiger partial charge in [0.2, 0.25) is 0 Å². The number of rotatable bonds is 10. The third-order valence-electron chi connectivity index (χ3n) is 2.79. The number of methoxy groups -OCH3 is 1. The molecule has 1 rings (SSSR count). The molecular formula is C16H27NO2. The van der Waals surface area contributed by atoms with E-state index in [2.05, 4.69) is 31.3 Å². The maximum atomic E-state index is 5.66. The van der Waals surface area contributed by atoms with Crippen LogP contribution >= 0.6 is 0 Å². The van der Waals surface area contributed by atoms with E-state index in [0.717, 1.165) is 44.9 Å². The Bertz CT molecular complexity index is 322. The minimum Gasteiger partial charge on any atom is -0.493 e. The lowest BCUT2D eigenvalue weighted by atomic mass is 10.2. The van der Waals surface area contributed by atoms with E-state index in [4.69, 9.17) is 9.47 Å². The molecule has 3 heteroatoms. The second-order valence-electron chi connectivity index (χ2n) is 5.23. The van der Waals surface area contributed by atoms with Crippen molar-refractivity contribution in [3.8, 4) is 5.75 Å². The first kappa shape index (κ1) is 16.0. The van der Waals surface area contributed by atoms with Crippen LogP contribution in [0.2, 0.25) is 0 Å². The molecule has 0 aliphatic carbocycles. The third-order valence-corrected chi connectivity index (χ3v) is 2.79. The highest BCUT2D eigenvalue weighted by molar-refractivity contribution is 5.27. The Hall–Kier alpha value is -1.06. The van der Waals surface area contributed by atoms with Gasteiger partial charge in [0.25, 0.3) is 0 Å². The molecule has 3 nitrogen and oxygen atoms in total. The van der Waals surface area contributed by atoms with Gasteiger partial charge in [-0.25, -0.2) is 0 Å². The quantitative estimate of drug-likeness (QED) is 0.659. The Morgan fingerprint density at radius 1 is 1.11 bits per heavy atom. The van der Waals surface area contributed by atoms with Crippen LogP contribution in [0.25, 0.3) is 0 Å². The van der Waals surface area contributed by atoms with E-state index in [1.807, 2.05) is 12.1 Å². The molecule has 0 saturated heterocycles. The molecule has 0 spiro atoms. The van der Waals surface area contributed by atoms with Crippen molar-refractivity contribution in [2.45, 2.75) is 33.2 Å². The zero-order valence-corrected chi connectivity index (χ0v) is 12.4. The molecule has 1 aromatic carbocycles. The number of ether oxygens (including phenoxy) is 2. The Labute approximate surface area is 117 Å². The summed E-state index contributed by atoms with van der Waals surface area (Å²) < 4.78 is 10.7. The zero-order valence-electron chi connectivity index (χ0n) is 12.4. The molecule has 0 amide bonds. The van der Waals surface area contributed by atoms with Crippen molar-refractivity contribution < 1.29 is 9.47 Å². The van der Waals surface area contributed by atoms with Gasteiger partial charge in [-0.3, -0.25) is 0 Å². The molecule has 0 heterocycles. The largest absolute Gasteiger partial charge is 0.493 e. The highest BCUT2D eigenvalue weighted by atomic mass is 16.5. The second-order valence-corrected chi connectivity index (χ2v) is 5.23. The van der Waals surface area contributed by atoms with Gasteiger partial charge in [0.1, 0.15) is 5.75 Å². The highest BCUT2D eigenvalue weighted by Gasteiger charge is 1.98. The molecule has 0 atom stereocenters. The van der Waals surface area contributed by atoms with Crippen LogP contribution in [-0.4, -0.2) is 26.9 Å². The number of benzene rings is 1. The summed E-state index contributed by atoms with van der Waals surface area (Å²) in [6.45, 7) is 7.89. The maximum absolute atomic E-state index is 5.66. The number of nitrogens with one attached hydrogen (secondary N) is 1. The standard InChI is InChI=1S/C16H27NO2/c1-14(2)13-19-16-8-6-15(7-9-16)12-17-10-4-5-11-18-3/h6-9,14,17H,4-5,10-13H2,1-3H3. The van der Waals surface area contributed by atoms with E-state index in [9.17, 15) is 0 Å². The fourth-order valence-corrected chi connectivity index (χ4v) is 1.70. The summed E-state index contributed by atoms with van der Waals surface area (Å²) in [5.41, 5.74) is 1.30. The minimum absolute atomic E-state index is 0.563. The average Bonchev–Trinajstić information content (AvgIpc) is 2.41. The Balaban J connectivity index is 2.17. The predicted octanol–water partition coefficient (Wildman–Crippen LogP) is 3.24. The van der Waals surface area contributed by atoms with Crippen molar-refractivity contribution in [3.05, 3.63) is 29.8 Å². The molecule has 0 fully saturated rings. The fraction of sp³-hybridized carbons (Fsp3) is 0.625. The SMILES string of the molecule is COCCCCNCc1ccc(OCC(C)C)cc1. The molecule has 0 unspecified atom stereocenters. The molecule has 1 N–H and O–H groups in total. The van der Waals surface area contributed by atoms with Crippen molar-refractivity contribution in [1.29, 1.82) is 0 Å². The van der Waals surface area contributed by atoms with Crippen LogP contribution in [-0.2, 0) is 11.3 Å². The zero-order chi connectivity index (χ0) is 13.9. The first-order valence-corrected chi connectivity index (χ1v) is 7.13. The van der Waals surface area contributed by atoms with Crippen LogP contribution in [0.4, 0.5) is 0 Å². The van der Waals surface area contributed by atoms with E-state index >= 15 is 0 Å². The maximum Gasteiger partial charge on any atom is 0.119 e. The van der Waals surface area contributed by atoms with E-state index in [0.29, 0.717) is 5.92 Å². The van der Waals surface area contributed by atoms with Crippen LogP contribution in [0.15, 0.2) is 24.3 Å². The van der Waals surface area contributed by atoms with Crippen LogP contribution < -0.4 is 10.1 Å². The van der Waals surface area contributed by atoms with Crippen molar-refractivity contribution in [3.63, 3.8) is 0 Å². The molecule has 0 radical (unpaired) electrons. The van der Waals surface area contributed by atoms with Crippen molar-refractivity contribution >= 4 is 0 Å². The van der Waals surface area contributed by atoms with Gasteiger partial charge in [-0.15, -0.1) is 0 Å². The normalized spacial score (nSPS) is 10.9. The summed E-state index contributed by atoms with van der Waals surface area (Å²) in [5, 5.41) is 3.43. The molecule has 0 aliphatic heterocycles. The summed E-state index contributed by atoms with van der Waals surface area (Å²) >= 11 is 0. The van der Waals surface area contributed by atoms with Crippen LogP contribution in [0.5, 0.6) is 5.75 Å². The average molecular weight is 265 g/mol. The van der Waals surface area contributed by atoms with Gasteiger partial charge in [0.15, 0.2) is 0 Å². The van der Waals surface area contributed by atoms with Gasteiger partial charge in [0.05, 0.1) is 6.61 Å². The molecule has 0 aromatic heterocycles. The molecule has 1 aromatic rings. The highest BCUT2D eigenvalue weighted by Crippen LogP contribution is 2.13. The Kier molecular flexibility index (Phi) is 8.26. The lowest BCUT2D eigenvalue weighted by Crippen LogP contribution is -2.15. The van der Waals surface area contributed by atoms with E-state index < -0.39 is 0 Å². The van der Waals surface area contributed by atoms with Crippen molar-refractivity contribution in [2.75, 3.05) is 26.9 Å². The number of hydrogen-bond acceptors (Lipinski definition) is 3. The molecule has 0 saturated carbocycles. The van der Waals surface area contributed by atoms with Gasteiger partial charge >= 0.3 is 0 Å². The number of unbranched alkanes of at least 4 members (excludes halogenated alkanes) is 1.